The number of hydrogen-bond donors (Lipinski definition) is 3. The summed E-state index contributed by atoms with van der Waals surface area (Å²) in [5, 5.41) is 19.0. The van der Waals surface area contributed by atoms with Crippen LogP contribution in [-0.2, 0) is 4.74 Å². The lowest BCUT2D eigenvalue weighted by atomic mass is 9.83. The van der Waals surface area contributed by atoms with Crippen LogP contribution in [0.2, 0.25) is 0 Å². The SMILES string of the molecule is C1CCNCC1.CC.CC(C)CCC1CCC(OCCO)CC1.CO. The fourth-order valence-electron chi connectivity index (χ4n) is 3.18. The minimum atomic E-state index is 0.160. The van der Waals surface area contributed by atoms with Crippen molar-refractivity contribution in [2.75, 3.05) is 33.4 Å². The van der Waals surface area contributed by atoms with E-state index in [1.165, 1.54) is 70.9 Å². The lowest BCUT2D eigenvalue weighted by Crippen LogP contribution is -2.23. The molecule has 0 spiro atoms. The zero-order valence-electron chi connectivity index (χ0n) is 17.7. The molecular formula is C21H47NO3. The van der Waals surface area contributed by atoms with Crippen molar-refractivity contribution in [1.29, 1.82) is 0 Å². The van der Waals surface area contributed by atoms with Gasteiger partial charge in [-0.1, -0.05) is 47.0 Å². The van der Waals surface area contributed by atoms with E-state index in [9.17, 15) is 0 Å². The third kappa shape index (κ3) is 18.4. The van der Waals surface area contributed by atoms with E-state index in [2.05, 4.69) is 19.2 Å². The third-order valence-electron chi connectivity index (χ3n) is 4.60. The van der Waals surface area contributed by atoms with E-state index < -0.39 is 0 Å². The van der Waals surface area contributed by atoms with Gasteiger partial charge in [0.25, 0.3) is 0 Å². The summed E-state index contributed by atoms with van der Waals surface area (Å²) in [7, 11) is 1.00. The Balaban J connectivity index is 0. The first-order valence-electron chi connectivity index (χ1n) is 10.6. The van der Waals surface area contributed by atoms with Crippen molar-refractivity contribution in [3.05, 3.63) is 0 Å². The van der Waals surface area contributed by atoms with Crippen molar-refractivity contribution in [1.82, 2.24) is 5.32 Å². The molecule has 25 heavy (non-hydrogen) atoms. The third-order valence-corrected chi connectivity index (χ3v) is 4.60. The predicted octanol–water partition coefficient (Wildman–Crippen LogP) is 4.38. The molecule has 0 aromatic carbocycles. The molecule has 2 aliphatic rings. The van der Waals surface area contributed by atoms with Gasteiger partial charge in [-0.3, -0.25) is 0 Å². The number of aliphatic hydroxyl groups excluding tert-OH is 2. The van der Waals surface area contributed by atoms with Gasteiger partial charge in [0, 0.05) is 7.11 Å². The van der Waals surface area contributed by atoms with Crippen molar-refractivity contribution in [2.24, 2.45) is 11.8 Å². The maximum atomic E-state index is 8.67. The Kier molecular flexibility index (Phi) is 23.7. The van der Waals surface area contributed by atoms with E-state index in [0.717, 1.165) is 18.9 Å². The molecule has 1 heterocycles. The van der Waals surface area contributed by atoms with Crippen LogP contribution in [0.15, 0.2) is 0 Å². The van der Waals surface area contributed by atoms with E-state index in [4.69, 9.17) is 14.9 Å². The zero-order chi connectivity index (χ0) is 19.3. The maximum absolute atomic E-state index is 8.67. The van der Waals surface area contributed by atoms with E-state index in [0.29, 0.717) is 12.7 Å². The van der Waals surface area contributed by atoms with Gasteiger partial charge in [-0.15, -0.1) is 0 Å². The number of ether oxygens (including phenoxy) is 1. The highest BCUT2D eigenvalue weighted by molar-refractivity contribution is 4.73. The Morgan fingerprint density at radius 2 is 1.52 bits per heavy atom. The largest absolute Gasteiger partial charge is 0.400 e. The second-order valence-corrected chi connectivity index (χ2v) is 7.02. The highest BCUT2D eigenvalue weighted by Gasteiger charge is 2.21. The lowest BCUT2D eigenvalue weighted by Gasteiger charge is -2.28. The van der Waals surface area contributed by atoms with Crippen molar-refractivity contribution < 1.29 is 14.9 Å². The van der Waals surface area contributed by atoms with E-state index >= 15 is 0 Å². The minimum Gasteiger partial charge on any atom is -0.400 e. The van der Waals surface area contributed by atoms with Gasteiger partial charge < -0.3 is 20.3 Å². The van der Waals surface area contributed by atoms with E-state index in [-0.39, 0.29) is 6.61 Å². The molecule has 4 heteroatoms. The van der Waals surface area contributed by atoms with Crippen molar-refractivity contribution in [3.8, 4) is 0 Å². The Bertz CT molecular complexity index is 214. The molecule has 3 N–H and O–H groups in total. The molecule has 154 valence electrons. The molecule has 0 unspecified atom stereocenters. The second-order valence-electron chi connectivity index (χ2n) is 7.02. The molecule has 0 atom stereocenters. The van der Waals surface area contributed by atoms with Crippen LogP contribution in [0.1, 0.15) is 85.5 Å². The highest BCUT2D eigenvalue weighted by atomic mass is 16.5. The number of hydrogen-bond acceptors (Lipinski definition) is 4. The van der Waals surface area contributed by atoms with Gasteiger partial charge in [0.1, 0.15) is 0 Å². The molecule has 1 aliphatic carbocycles. The summed E-state index contributed by atoms with van der Waals surface area (Å²) in [5.74, 6) is 1.77. The van der Waals surface area contributed by atoms with Crippen molar-refractivity contribution >= 4 is 0 Å². The maximum Gasteiger partial charge on any atom is 0.0701 e. The molecule has 0 bridgehead atoms. The zero-order valence-corrected chi connectivity index (χ0v) is 17.7. The molecule has 1 aliphatic heterocycles. The Morgan fingerprint density at radius 3 is 1.88 bits per heavy atom. The Labute approximate surface area is 157 Å². The Hall–Kier alpha value is -0.160. The van der Waals surface area contributed by atoms with E-state index in [1.54, 1.807) is 0 Å². The molecule has 2 rings (SSSR count). The number of nitrogens with one attached hydrogen (secondary N) is 1. The van der Waals surface area contributed by atoms with Crippen LogP contribution < -0.4 is 5.32 Å². The number of rotatable bonds is 6. The number of aliphatic hydroxyl groups is 2. The molecule has 1 saturated carbocycles. The van der Waals surface area contributed by atoms with Crippen molar-refractivity contribution in [3.63, 3.8) is 0 Å². The fraction of sp³-hybridized carbons (Fsp3) is 1.00. The van der Waals surface area contributed by atoms with Crippen LogP contribution in [0.5, 0.6) is 0 Å². The van der Waals surface area contributed by atoms with Crippen LogP contribution in [0, 0.1) is 11.8 Å². The van der Waals surface area contributed by atoms with Crippen LogP contribution in [-0.4, -0.2) is 49.7 Å². The van der Waals surface area contributed by atoms with Crippen LogP contribution in [0.25, 0.3) is 0 Å². The van der Waals surface area contributed by atoms with E-state index in [1.807, 2.05) is 13.8 Å². The summed E-state index contributed by atoms with van der Waals surface area (Å²) in [4.78, 5) is 0. The fourth-order valence-corrected chi connectivity index (χ4v) is 3.18. The summed E-state index contributed by atoms with van der Waals surface area (Å²) in [6.45, 7) is 11.8. The van der Waals surface area contributed by atoms with Crippen molar-refractivity contribution in [2.45, 2.75) is 91.6 Å². The summed E-state index contributed by atoms with van der Waals surface area (Å²) < 4.78 is 5.56. The molecule has 2 fully saturated rings. The van der Waals surface area contributed by atoms with Gasteiger partial charge in [0.15, 0.2) is 0 Å². The van der Waals surface area contributed by atoms with Crippen LogP contribution in [0.4, 0.5) is 0 Å². The van der Waals surface area contributed by atoms with Crippen LogP contribution in [0.3, 0.4) is 0 Å². The summed E-state index contributed by atoms with van der Waals surface area (Å²) in [6.07, 6.45) is 12.4. The lowest BCUT2D eigenvalue weighted by molar-refractivity contribution is -0.000512. The predicted molar refractivity (Wildman–Crippen MR) is 109 cm³/mol. The van der Waals surface area contributed by atoms with Gasteiger partial charge in [0.2, 0.25) is 0 Å². The van der Waals surface area contributed by atoms with Crippen LogP contribution >= 0.6 is 0 Å². The highest BCUT2D eigenvalue weighted by Crippen LogP contribution is 2.30. The summed E-state index contributed by atoms with van der Waals surface area (Å²) in [6, 6.07) is 0. The monoisotopic (exact) mass is 361 g/mol. The van der Waals surface area contributed by atoms with Gasteiger partial charge in [-0.25, -0.2) is 0 Å². The molecule has 0 aromatic heterocycles. The molecule has 1 saturated heterocycles. The molecule has 0 amide bonds. The summed E-state index contributed by atoms with van der Waals surface area (Å²) >= 11 is 0. The standard InChI is InChI=1S/C13H26O2.C5H11N.C2H6.CH4O/c1-11(2)3-4-12-5-7-13(8-6-12)15-10-9-14;1-2-4-6-5-3-1;2*1-2/h11-14H,3-10H2,1-2H3;6H,1-5H2;1-2H3;2H,1H3. The smallest absolute Gasteiger partial charge is 0.0701 e. The molecule has 0 radical (unpaired) electrons. The first kappa shape index (κ1) is 27.1. The minimum absolute atomic E-state index is 0.160. The molecule has 0 aromatic rings. The average Bonchev–Trinajstić information content (AvgIpc) is 2.70. The first-order valence-corrected chi connectivity index (χ1v) is 10.6. The van der Waals surface area contributed by atoms with Gasteiger partial charge in [0.05, 0.1) is 19.3 Å². The summed E-state index contributed by atoms with van der Waals surface area (Å²) in [5.41, 5.74) is 0. The molecule has 4 nitrogen and oxygen atoms in total. The van der Waals surface area contributed by atoms with Gasteiger partial charge >= 0.3 is 0 Å². The first-order chi connectivity index (χ1) is 12.2. The van der Waals surface area contributed by atoms with Gasteiger partial charge in [-0.05, 0) is 63.5 Å². The topological polar surface area (TPSA) is 61.7 Å². The quantitative estimate of drug-likeness (QED) is 0.657. The van der Waals surface area contributed by atoms with Gasteiger partial charge in [-0.2, -0.15) is 0 Å². The second kappa shape index (κ2) is 21.9. The average molecular weight is 362 g/mol. The normalized spacial score (nSPS) is 22.6. The number of piperidine rings is 1. The Morgan fingerprint density at radius 1 is 0.960 bits per heavy atom. The molecular weight excluding hydrogens is 314 g/mol.